The third kappa shape index (κ3) is 4.20. The molecule has 0 aromatic heterocycles. The molecule has 2 atom stereocenters. The number of hydrogen-bond donors (Lipinski definition) is 0. The molecule has 0 heteroatoms. The first-order chi connectivity index (χ1) is 10.1. The van der Waals surface area contributed by atoms with Crippen molar-refractivity contribution in [1.29, 1.82) is 0 Å². The highest BCUT2D eigenvalue weighted by Crippen LogP contribution is 2.62. The molecule has 122 valence electrons. The van der Waals surface area contributed by atoms with Gasteiger partial charge in [0.15, 0.2) is 6.08 Å². The molecule has 0 nitrogen and oxygen atoms in total. The summed E-state index contributed by atoms with van der Waals surface area (Å²) in [6, 6.07) is 0. The van der Waals surface area contributed by atoms with Crippen molar-refractivity contribution in [3.8, 4) is 0 Å². The second-order valence-corrected chi connectivity index (χ2v) is 8.28. The van der Waals surface area contributed by atoms with Gasteiger partial charge >= 0.3 is 0 Å². The lowest BCUT2D eigenvalue weighted by Crippen LogP contribution is -2.35. The summed E-state index contributed by atoms with van der Waals surface area (Å²) < 4.78 is 0. The first-order valence-electron chi connectivity index (χ1n) is 8.61. The predicted octanol–water partition coefficient (Wildman–Crippen LogP) is 6.91. The molecule has 0 amide bonds. The van der Waals surface area contributed by atoms with Gasteiger partial charge in [0.2, 0.25) is 0 Å². The highest BCUT2D eigenvalue weighted by Gasteiger charge is 2.55. The summed E-state index contributed by atoms with van der Waals surface area (Å²) in [5, 5.41) is 0. The zero-order valence-electron chi connectivity index (χ0n) is 16.0. The van der Waals surface area contributed by atoms with Gasteiger partial charge in [0.05, 0.1) is 12.2 Å². The van der Waals surface area contributed by atoms with Crippen LogP contribution in [0.5, 0.6) is 0 Å². The van der Waals surface area contributed by atoms with Gasteiger partial charge < -0.3 is 0 Å². The fourth-order valence-electron chi connectivity index (χ4n) is 3.07. The van der Waals surface area contributed by atoms with Gasteiger partial charge in [-0.2, -0.15) is 0 Å². The van der Waals surface area contributed by atoms with Crippen molar-refractivity contribution in [3.63, 3.8) is 0 Å². The van der Waals surface area contributed by atoms with Crippen molar-refractivity contribution >= 4 is 0 Å². The SMILES string of the molecule is CC(C)=C(C)C.CC1(C)C2C=CC(C2)C1(C)C.[C+]1=CC=CC1. The number of rotatable bonds is 0. The van der Waals surface area contributed by atoms with Crippen molar-refractivity contribution in [2.45, 2.75) is 68.2 Å². The van der Waals surface area contributed by atoms with Crippen LogP contribution in [0.15, 0.2) is 41.5 Å². The molecular weight excluding hydrogens is 264 g/mol. The molecular formula is C22H35+. The van der Waals surface area contributed by atoms with Gasteiger partial charge in [-0.05, 0) is 56.8 Å². The maximum absolute atomic E-state index is 2.99. The molecule has 0 radical (unpaired) electrons. The average molecular weight is 300 g/mol. The van der Waals surface area contributed by atoms with Crippen LogP contribution in [0.3, 0.4) is 0 Å². The van der Waals surface area contributed by atoms with Crippen LogP contribution >= 0.6 is 0 Å². The van der Waals surface area contributed by atoms with Crippen LogP contribution in [-0.2, 0) is 0 Å². The van der Waals surface area contributed by atoms with E-state index in [9.17, 15) is 0 Å². The van der Waals surface area contributed by atoms with Gasteiger partial charge in [0.1, 0.15) is 6.42 Å². The average Bonchev–Trinajstić information content (AvgIpc) is 3.15. The zero-order chi connectivity index (χ0) is 17.0. The Labute approximate surface area is 139 Å². The highest BCUT2D eigenvalue weighted by molar-refractivity contribution is 5.20. The summed E-state index contributed by atoms with van der Waals surface area (Å²) >= 11 is 0. The molecule has 3 rings (SSSR count). The van der Waals surface area contributed by atoms with Gasteiger partial charge in [-0.1, -0.05) is 51.0 Å². The normalized spacial score (nSPS) is 27.5. The molecule has 2 unspecified atom stereocenters. The van der Waals surface area contributed by atoms with Crippen LogP contribution in [-0.4, -0.2) is 0 Å². The van der Waals surface area contributed by atoms with E-state index in [4.69, 9.17) is 0 Å². The van der Waals surface area contributed by atoms with E-state index in [1.54, 1.807) is 0 Å². The Bertz CT molecular complexity index is 430. The lowest BCUT2D eigenvalue weighted by Gasteiger charge is -2.42. The topological polar surface area (TPSA) is 0 Å². The third-order valence-corrected chi connectivity index (χ3v) is 6.18. The van der Waals surface area contributed by atoms with Crippen molar-refractivity contribution in [1.82, 2.24) is 0 Å². The molecule has 3 aliphatic rings. The third-order valence-electron chi connectivity index (χ3n) is 6.18. The van der Waals surface area contributed by atoms with Crippen LogP contribution in [0.25, 0.3) is 0 Å². The van der Waals surface area contributed by atoms with Crippen LogP contribution in [0, 0.1) is 28.7 Å². The molecule has 0 aromatic rings. The largest absolute Gasteiger partial charge is 0.154 e. The van der Waals surface area contributed by atoms with Crippen LogP contribution < -0.4 is 0 Å². The van der Waals surface area contributed by atoms with E-state index < -0.39 is 0 Å². The summed E-state index contributed by atoms with van der Waals surface area (Å²) in [5.41, 5.74) is 3.89. The first kappa shape index (κ1) is 18.9. The standard InChI is InChI=1S/C11H18.C6H12.C5H5/c1-10(2)8-5-6-9(7-8)11(10,3)4;1-5(2)6(3)4;1-2-4-5-3-1/h5-6,8-9H,7H2,1-4H3;1-4H3;1-3H,4H2/q;;+1. The highest BCUT2D eigenvalue weighted by atomic mass is 14.6. The molecule has 0 spiro atoms. The Balaban J connectivity index is 0.000000187. The maximum atomic E-state index is 2.99. The Morgan fingerprint density at radius 1 is 0.864 bits per heavy atom. The summed E-state index contributed by atoms with van der Waals surface area (Å²) in [6.07, 6.45) is 16.3. The van der Waals surface area contributed by atoms with Crippen molar-refractivity contribution in [2.75, 3.05) is 0 Å². The first-order valence-corrected chi connectivity index (χ1v) is 8.61. The van der Waals surface area contributed by atoms with Crippen LogP contribution in [0.2, 0.25) is 0 Å². The summed E-state index contributed by atoms with van der Waals surface area (Å²) in [5.74, 6) is 1.70. The van der Waals surface area contributed by atoms with Crippen LogP contribution in [0.1, 0.15) is 68.2 Å². The van der Waals surface area contributed by atoms with E-state index >= 15 is 0 Å². The van der Waals surface area contributed by atoms with Gasteiger partial charge in [0, 0.05) is 6.08 Å². The van der Waals surface area contributed by atoms with E-state index in [1.807, 2.05) is 12.2 Å². The molecule has 22 heavy (non-hydrogen) atoms. The van der Waals surface area contributed by atoms with E-state index in [1.165, 1.54) is 17.6 Å². The van der Waals surface area contributed by atoms with Gasteiger partial charge in [-0.15, -0.1) is 0 Å². The van der Waals surface area contributed by atoms with Crippen molar-refractivity contribution in [2.24, 2.45) is 22.7 Å². The lowest BCUT2D eigenvalue weighted by molar-refractivity contribution is 0.0961. The minimum absolute atomic E-state index is 0.520. The smallest absolute Gasteiger partial charge is 0.0845 e. The van der Waals surface area contributed by atoms with Gasteiger partial charge in [0.25, 0.3) is 0 Å². The minimum atomic E-state index is 0.520. The van der Waals surface area contributed by atoms with Crippen LogP contribution in [0.4, 0.5) is 0 Å². The van der Waals surface area contributed by atoms with Crippen molar-refractivity contribution < 1.29 is 0 Å². The molecule has 2 bridgehead atoms. The fraction of sp³-hybridized carbons (Fsp3) is 0.636. The van der Waals surface area contributed by atoms with Crippen molar-refractivity contribution in [3.05, 3.63) is 47.6 Å². The van der Waals surface area contributed by atoms with Gasteiger partial charge in [-0.25, -0.2) is 0 Å². The number of allylic oxidation sites excluding steroid dienone is 8. The summed E-state index contributed by atoms with van der Waals surface area (Å²) in [4.78, 5) is 0. The molecule has 0 aromatic carbocycles. The Morgan fingerprint density at radius 3 is 1.45 bits per heavy atom. The summed E-state index contributed by atoms with van der Waals surface area (Å²) in [7, 11) is 0. The Kier molecular flexibility index (Phi) is 6.38. The lowest BCUT2D eigenvalue weighted by atomic mass is 9.62. The summed E-state index contributed by atoms with van der Waals surface area (Å²) in [6.45, 7) is 18.2. The molecule has 3 aliphatic carbocycles. The predicted molar refractivity (Wildman–Crippen MR) is 99.6 cm³/mol. The number of hydrogen-bond acceptors (Lipinski definition) is 0. The fourth-order valence-corrected chi connectivity index (χ4v) is 3.07. The second kappa shape index (κ2) is 7.42. The van der Waals surface area contributed by atoms with Gasteiger partial charge in [-0.3, -0.25) is 0 Å². The molecule has 0 N–H and O–H groups in total. The minimum Gasteiger partial charge on any atom is -0.0845 e. The Morgan fingerprint density at radius 2 is 1.32 bits per heavy atom. The molecule has 0 heterocycles. The second-order valence-electron chi connectivity index (χ2n) is 8.28. The van der Waals surface area contributed by atoms with E-state index in [-0.39, 0.29) is 0 Å². The maximum Gasteiger partial charge on any atom is 0.154 e. The number of fused-ring (bicyclic) bond motifs is 2. The Hall–Kier alpha value is -1.13. The molecule has 0 aliphatic heterocycles. The molecule has 0 saturated heterocycles. The van der Waals surface area contributed by atoms with E-state index in [2.05, 4.69) is 79.7 Å². The molecule has 1 saturated carbocycles. The monoisotopic (exact) mass is 299 g/mol. The molecule has 1 fully saturated rings. The quantitative estimate of drug-likeness (QED) is 0.336. The van der Waals surface area contributed by atoms with E-state index in [0.29, 0.717) is 10.8 Å². The zero-order valence-corrected chi connectivity index (χ0v) is 16.0. The van der Waals surface area contributed by atoms with E-state index in [0.717, 1.165) is 18.3 Å².